The van der Waals surface area contributed by atoms with E-state index in [1.54, 1.807) is 25.1 Å². The van der Waals surface area contributed by atoms with Gasteiger partial charge < -0.3 is 10.1 Å². The van der Waals surface area contributed by atoms with Gasteiger partial charge in [0.1, 0.15) is 0 Å². The molecule has 0 bridgehead atoms. The number of ether oxygens (including phenoxy) is 1. The Morgan fingerprint density at radius 3 is 3.12 bits per heavy atom. The van der Waals surface area contributed by atoms with Gasteiger partial charge in [-0.15, -0.1) is 0 Å². The molecule has 0 atom stereocenters. The number of carbonyl (C=O) groups excluding carboxylic acids is 1. The molecule has 5 heteroatoms. The third-order valence-corrected chi connectivity index (χ3v) is 2.66. The van der Waals surface area contributed by atoms with E-state index in [2.05, 4.69) is 10.3 Å². The molecule has 1 amide bonds. The monoisotopic (exact) mass is 240 g/mol. The van der Waals surface area contributed by atoms with Crippen LogP contribution in [-0.2, 0) is 11.3 Å². The Morgan fingerprint density at radius 2 is 2.44 bits per heavy atom. The van der Waals surface area contributed by atoms with E-state index in [-0.39, 0.29) is 5.91 Å². The van der Waals surface area contributed by atoms with Gasteiger partial charge in [-0.05, 0) is 12.3 Å². The van der Waals surface area contributed by atoms with Crippen LogP contribution in [0.15, 0.2) is 18.3 Å². The van der Waals surface area contributed by atoms with Gasteiger partial charge in [0.05, 0.1) is 7.11 Å². The fourth-order valence-corrected chi connectivity index (χ4v) is 1.61. The van der Waals surface area contributed by atoms with Crippen LogP contribution in [0.2, 0.25) is 0 Å². The number of methoxy groups -OCH3 is 1. The summed E-state index contributed by atoms with van der Waals surface area (Å²) in [5.41, 5.74) is 0.891. The fourth-order valence-electron chi connectivity index (χ4n) is 1.22. The summed E-state index contributed by atoms with van der Waals surface area (Å²) >= 11 is 1.66. The molecule has 16 heavy (non-hydrogen) atoms. The molecular weight excluding hydrogens is 224 g/mol. The summed E-state index contributed by atoms with van der Waals surface area (Å²) in [6.07, 6.45) is 4.19. The summed E-state index contributed by atoms with van der Waals surface area (Å²) in [6, 6.07) is 3.71. The maximum atomic E-state index is 11.4. The Balaban J connectivity index is 2.44. The Kier molecular flexibility index (Phi) is 5.71. The van der Waals surface area contributed by atoms with Gasteiger partial charge in [-0.25, -0.2) is 4.98 Å². The number of rotatable bonds is 6. The SMILES string of the molecule is COc1ncccc1CNC(=O)CCSC. The number of carbonyl (C=O) groups is 1. The van der Waals surface area contributed by atoms with E-state index in [4.69, 9.17) is 4.74 Å². The fraction of sp³-hybridized carbons (Fsp3) is 0.455. The quantitative estimate of drug-likeness (QED) is 0.818. The Morgan fingerprint density at radius 1 is 1.62 bits per heavy atom. The number of hydrogen-bond donors (Lipinski definition) is 1. The van der Waals surface area contributed by atoms with Crippen LogP contribution in [0.25, 0.3) is 0 Å². The molecule has 0 radical (unpaired) electrons. The van der Waals surface area contributed by atoms with E-state index >= 15 is 0 Å². The maximum Gasteiger partial charge on any atom is 0.221 e. The van der Waals surface area contributed by atoms with E-state index in [0.29, 0.717) is 18.8 Å². The van der Waals surface area contributed by atoms with Crippen molar-refractivity contribution in [3.05, 3.63) is 23.9 Å². The van der Waals surface area contributed by atoms with Crippen molar-refractivity contribution in [1.29, 1.82) is 0 Å². The van der Waals surface area contributed by atoms with Gasteiger partial charge in [0.25, 0.3) is 0 Å². The predicted molar refractivity (Wildman–Crippen MR) is 65.6 cm³/mol. The molecule has 0 spiro atoms. The van der Waals surface area contributed by atoms with Crippen molar-refractivity contribution >= 4 is 17.7 Å². The van der Waals surface area contributed by atoms with Crippen LogP contribution in [0.3, 0.4) is 0 Å². The summed E-state index contributed by atoms with van der Waals surface area (Å²) < 4.78 is 5.09. The second-order valence-corrected chi connectivity index (χ2v) is 4.18. The number of hydrogen-bond acceptors (Lipinski definition) is 4. The number of nitrogens with one attached hydrogen (secondary N) is 1. The topological polar surface area (TPSA) is 51.2 Å². The van der Waals surface area contributed by atoms with Crippen LogP contribution in [0, 0.1) is 0 Å². The molecule has 0 unspecified atom stereocenters. The molecule has 0 fully saturated rings. The van der Waals surface area contributed by atoms with Crippen LogP contribution in [0.1, 0.15) is 12.0 Å². The zero-order chi connectivity index (χ0) is 11.8. The highest BCUT2D eigenvalue weighted by Crippen LogP contribution is 2.12. The smallest absolute Gasteiger partial charge is 0.221 e. The molecule has 0 aromatic carbocycles. The van der Waals surface area contributed by atoms with E-state index < -0.39 is 0 Å². The Hall–Kier alpha value is -1.23. The molecule has 0 saturated carbocycles. The second-order valence-electron chi connectivity index (χ2n) is 3.19. The van der Waals surface area contributed by atoms with E-state index in [0.717, 1.165) is 11.3 Å². The van der Waals surface area contributed by atoms with Gasteiger partial charge in [0.15, 0.2) is 0 Å². The Bertz CT molecular complexity index is 345. The molecule has 1 heterocycles. The lowest BCUT2D eigenvalue weighted by Gasteiger charge is -2.08. The van der Waals surface area contributed by atoms with Crippen LogP contribution < -0.4 is 10.1 Å². The summed E-state index contributed by atoms with van der Waals surface area (Å²) in [6.45, 7) is 0.463. The highest BCUT2D eigenvalue weighted by molar-refractivity contribution is 7.98. The molecular formula is C11H16N2O2S. The minimum absolute atomic E-state index is 0.0558. The van der Waals surface area contributed by atoms with Gasteiger partial charge in [-0.1, -0.05) is 6.07 Å². The number of amides is 1. The lowest BCUT2D eigenvalue weighted by Crippen LogP contribution is -2.23. The van der Waals surface area contributed by atoms with Gasteiger partial charge >= 0.3 is 0 Å². The standard InChI is InChI=1S/C11H16N2O2S/c1-15-11-9(4-3-6-12-11)8-13-10(14)5-7-16-2/h3-4,6H,5,7-8H2,1-2H3,(H,13,14). The lowest BCUT2D eigenvalue weighted by atomic mass is 10.2. The van der Waals surface area contributed by atoms with Gasteiger partial charge in [-0.3, -0.25) is 4.79 Å². The zero-order valence-corrected chi connectivity index (χ0v) is 10.3. The molecule has 4 nitrogen and oxygen atoms in total. The highest BCUT2D eigenvalue weighted by Gasteiger charge is 2.05. The summed E-state index contributed by atoms with van der Waals surface area (Å²) in [4.78, 5) is 15.4. The highest BCUT2D eigenvalue weighted by atomic mass is 32.2. The van der Waals surface area contributed by atoms with Crippen molar-refractivity contribution in [2.75, 3.05) is 19.1 Å². The molecule has 1 aromatic heterocycles. The van der Waals surface area contributed by atoms with Gasteiger partial charge in [-0.2, -0.15) is 11.8 Å². The van der Waals surface area contributed by atoms with Crippen molar-refractivity contribution in [2.45, 2.75) is 13.0 Å². The zero-order valence-electron chi connectivity index (χ0n) is 9.53. The number of pyridine rings is 1. The molecule has 1 aromatic rings. The molecule has 0 aliphatic rings. The first-order valence-electron chi connectivity index (χ1n) is 5.01. The minimum Gasteiger partial charge on any atom is -0.481 e. The molecule has 1 rings (SSSR count). The maximum absolute atomic E-state index is 11.4. The number of nitrogens with zero attached hydrogens (tertiary/aromatic N) is 1. The average Bonchev–Trinajstić information content (AvgIpc) is 2.34. The lowest BCUT2D eigenvalue weighted by molar-refractivity contribution is -0.120. The van der Waals surface area contributed by atoms with E-state index in [1.165, 1.54) is 0 Å². The molecule has 0 aliphatic heterocycles. The largest absolute Gasteiger partial charge is 0.481 e. The van der Waals surface area contributed by atoms with Crippen LogP contribution in [-0.4, -0.2) is 30.0 Å². The molecule has 0 aliphatic carbocycles. The average molecular weight is 240 g/mol. The summed E-state index contributed by atoms with van der Waals surface area (Å²) in [5.74, 6) is 1.46. The van der Waals surface area contributed by atoms with Crippen molar-refractivity contribution in [1.82, 2.24) is 10.3 Å². The first-order chi connectivity index (χ1) is 7.77. The third kappa shape index (κ3) is 4.10. The second kappa shape index (κ2) is 7.11. The predicted octanol–water partition coefficient (Wildman–Crippen LogP) is 1.46. The first-order valence-corrected chi connectivity index (χ1v) is 6.41. The normalized spacial score (nSPS) is 9.88. The number of aromatic nitrogens is 1. The Labute approximate surface area is 99.8 Å². The van der Waals surface area contributed by atoms with Gasteiger partial charge in [0.2, 0.25) is 11.8 Å². The van der Waals surface area contributed by atoms with Crippen LogP contribution in [0.5, 0.6) is 5.88 Å². The van der Waals surface area contributed by atoms with Crippen molar-refractivity contribution in [2.24, 2.45) is 0 Å². The van der Waals surface area contributed by atoms with Crippen molar-refractivity contribution < 1.29 is 9.53 Å². The van der Waals surface area contributed by atoms with Crippen LogP contribution >= 0.6 is 11.8 Å². The van der Waals surface area contributed by atoms with E-state index in [9.17, 15) is 4.79 Å². The molecule has 1 N–H and O–H groups in total. The summed E-state index contributed by atoms with van der Waals surface area (Å²) in [5, 5.41) is 2.84. The first kappa shape index (κ1) is 12.8. The van der Waals surface area contributed by atoms with E-state index in [1.807, 2.05) is 18.4 Å². The van der Waals surface area contributed by atoms with Crippen LogP contribution in [0.4, 0.5) is 0 Å². The van der Waals surface area contributed by atoms with Crippen molar-refractivity contribution in [3.8, 4) is 5.88 Å². The molecule has 88 valence electrons. The van der Waals surface area contributed by atoms with Gasteiger partial charge in [0, 0.05) is 30.5 Å². The number of thioether (sulfide) groups is 1. The third-order valence-electron chi connectivity index (χ3n) is 2.05. The molecule has 0 saturated heterocycles. The van der Waals surface area contributed by atoms with Crippen molar-refractivity contribution in [3.63, 3.8) is 0 Å². The summed E-state index contributed by atoms with van der Waals surface area (Å²) in [7, 11) is 1.57. The minimum atomic E-state index is 0.0558.